The molecule has 9 heteroatoms. The first-order valence-corrected chi connectivity index (χ1v) is 14.2. The Kier molecular flexibility index (Phi) is 12.4. The molecule has 2 rings (SSSR count). The molecule has 224 valence electrons. The van der Waals surface area contributed by atoms with Crippen LogP contribution in [0.4, 0.5) is 4.79 Å². The molecule has 0 heterocycles. The molecule has 3 atom stereocenters. The van der Waals surface area contributed by atoms with Crippen molar-refractivity contribution in [1.29, 1.82) is 0 Å². The van der Waals surface area contributed by atoms with Crippen LogP contribution in [-0.4, -0.2) is 46.4 Å². The lowest BCUT2D eigenvalue weighted by Gasteiger charge is -2.38. The number of rotatable bonds is 13. The third-order valence-electron chi connectivity index (χ3n) is 6.48. The summed E-state index contributed by atoms with van der Waals surface area (Å²) in [6.45, 7) is 13.3. The maximum absolute atomic E-state index is 14.3. The van der Waals surface area contributed by atoms with E-state index in [1.54, 1.807) is 26.8 Å². The third kappa shape index (κ3) is 11.3. The first-order chi connectivity index (χ1) is 19.2. The number of nitrogens with one attached hydrogen (secondary N) is 2. The van der Waals surface area contributed by atoms with Crippen molar-refractivity contribution in [2.24, 2.45) is 11.7 Å². The van der Waals surface area contributed by atoms with Crippen LogP contribution in [0.3, 0.4) is 0 Å². The standard InChI is InChI=1S/C32H46N4O5/c1-21(2)16-17-23(4)36(30(39)26(19-27(33)37)35-31(40)41-32(5,6)7)28(25-15-11-12-22(3)18-25)29(38)34-20-24-13-9-8-10-14-24/h8-15,18,21,23,26,28H,16-17,19-20H2,1-7H3,(H2,33,37)(H,34,38)(H,35,40). The second-order valence-electron chi connectivity index (χ2n) is 12.0. The van der Waals surface area contributed by atoms with Crippen molar-refractivity contribution in [3.05, 3.63) is 71.3 Å². The summed E-state index contributed by atoms with van der Waals surface area (Å²) in [5, 5.41) is 5.52. The Morgan fingerprint density at radius 3 is 2.17 bits per heavy atom. The maximum atomic E-state index is 14.3. The zero-order valence-electron chi connectivity index (χ0n) is 25.4. The summed E-state index contributed by atoms with van der Waals surface area (Å²) in [4.78, 5) is 54.5. The number of hydrogen-bond donors (Lipinski definition) is 3. The molecule has 3 unspecified atom stereocenters. The number of ether oxygens (including phenoxy) is 1. The molecule has 0 aliphatic carbocycles. The minimum Gasteiger partial charge on any atom is -0.444 e. The molecule has 4 amide bonds. The number of nitrogens with zero attached hydrogens (tertiary/aromatic N) is 1. The highest BCUT2D eigenvalue weighted by atomic mass is 16.6. The molecule has 4 N–H and O–H groups in total. The number of aryl methyl sites for hydroxylation is 1. The minimum atomic E-state index is -1.32. The van der Waals surface area contributed by atoms with Gasteiger partial charge in [-0.05, 0) is 64.5 Å². The fourth-order valence-electron chi connectivity index (χ4n) is 4.50. The van der Waals surface area contributed by atoms with E-state index in [1.807, 2.05) is 62.4 Å². The van der Waals surface area contributed by atoms with Gasteiger partial charge in [0.25, 0.3) is 0 Å². The Balaban J connectivity index is 2.57. The summed E-state index contributed by atoms with van der Waals surface area (Å²) in [6.07, 6.45) is 0.106. The van der Waals surface area contributed by atoms with Gasteiger partial charge < -0.3 is 26.0 Å². The zero-order chi connectivity index (χ0) is 30.7. The van der Waals surface area contributed by atoms with E-state index in [0.717, 1.165) is 17.5 Å². The van der Waals surface area contributed by atoms with Gasteiger partial charge in [-0.25, -0.2) is 4.79 Å². The SMILES string of the molecule is Cc1cccc(C(C(=O)NCc2ccccc2)N(C(=O)C(CC(N)=O)NC(=O)OC(C)(C)C)C(C)CCC(C)C)c1. The molecule has 0 saturated heterocycles. The van der Waals surface area contributed by atoms with Crippen LogP contribution in [0, 0.1) is 12.8 Å². The van der Waals surface area contributed by atoms with Gasteiger partial charge in [0.1, 0.15) is 17.7 Å². The molecule has 0 spiro atoms. The van der Waals surface area contributed by atoms with Gasteiger partial charge in [0.15, 0.2) is 0 Å². The van der Waals surface area contributed by atoms with Crippen molar-refractivity contribution in [3.63, 3.8) is 0 Å². The van der Waals surface area contributed by atoms with E-state index >= 15 is 0 Å². The van der Waals surface area contributed by atoms with Crippen LogP contribution >= 0.6 is 0 Å². The molecule has 0 aliphatic rings. The monoisotopic (exact) mass is 566 g/mol. The van der Waals surface area contributed by atoms with E-state index in [4.69, 9.17) is 10.5 Å². The first kappa shape index (κ1) is 33.3. The van der Waals surface area contributed by atoms with E-state index in [2.05, 4.69) is 24.5 Å². The molecule has 0 bridgehead atoms. The van der Waals surface area contributed by atoms with Crippen molar-refractivity contribution in [2.45, 2.75) is 98.0 Å². The predicted octanol–water partition coefficient (Wildman–Crippen LogP) is 4.77. The molecule has 0 fully saturated rings. The smallest absolute Gasteiger partial charge is 0.408 e. The summed E-state index contributed by atoms with van der Waals surface area (Å²) >= 11 is 0. The fraction of sp³-hybridized carbons (Fsp3) is 0.500. The van der Waals surface area contributed by atoms with E-state index in [9.17, 15) is 19.2 Å². The van der Waals surface area contributed by atoms with Gasteiger partial charge in [0.05, 0.1) is 6.42 Å². The average molecular weight is 567 g/mol. The number of nitrogens with two attached hydrogens (primary N) is 1. The van der Waals surface area contributed by atoms with Gasteiger partial charge in [-0.3, -0.25) is 14.4 Å². The third-order valence-corrected chi connectivity index (χ3v) is 6.48. The Morgan fingerprint density at radius 2 is 1.61 bits per heavy atom. The Labute approximate surface area is 244 Å². The lowest BCUT2D eigenvalue weighted by molar-refractivity contribution is -0.146. The summed E-state index contributed by atoms with van der Waals surface area (Å²) < 4.78 is 5.36. The minimum absolute atomic E-state index is 0.269. The average Bonchev–Trinajstić information content (AvgIpc) is 2.87. The zero-order valence-corrected chi connectivity index (χ0v) is 25.4. The molecule has 0 aliphatic heterocycles. The second kappa shape index (κ2) is 15.2. The van der Waals surface area contributed by atoms with E-state index in [1.165, 1.54) is 4.90 Å². The number of alkyl carbamates (subject to hydrolysis) is 1. The number of benzene rings is 2. The van der Waals surface area contributed by atoms with E-state index in [0.29, 0.717) is 17.9 Å². The predicted molar refractivity (Wildman–Crippen MR) is 160 cm³/mol. The quantitative estimate of drug-likeness (QED) is 0.321. The van der Waals surface area contributed by atoms with Crippen LogP contribution in [0.15, 0.2) is 54.6 Å². The van der Waals surface area contributed by atoms with Crippen molar-refractivity contribution in [2.75, 3.05) is 0 Å². The molecule has 2 aromatic rings. The molecular weight excluding hydrogens is 520 g/mol. The Morgan fingerprint density at radius 1 is 0.951 bits per heavy atom. The largest absolute Gasteiger partial charge is 0.444 e. The number of hydrogen-bond acceptors (Lipinski definition) is 5. The molecule has 0 saturated carbocycles. The molecule has 41 heavy (non-hydrogen) atoms. The van der Waals surface area contributed by atoms with Gasteiger partial charge in [-0.15, -0.1) is 0 Å². The van der Waals surface area contributed by atoms with Gasteiger partial charge in [0, 0.05) is 12.6 Å². The van der Waals surface area contributed by atoms with Gasteiger partial charge in [0.2, 0.25) is 17.7 Å². The lowest BCUT2D eigenvalue weighted by Crippen LogP contribution is -2.56. The summed E-state index contributed by atoms with van der Waals surface area (Å²) in [6, 6.07) is 14.2. The van der Waals surface area contributed by atoms with Crippen LogP contribution < -0.4 is 16.4 Å². The summed E-state index contributed by atoms with van der Waals surface area (Å²) in [5.41, 5.74) is 7.14. The normalized spacial score (nSPS) is 13.6. The van der Waals surface area contributed by atoms with E-state index < -0.39 is 48.1 Å². The van der Waals surface area contributed by atoms with Gasteiger partial charge in [-0.1, -0.05) is 74.0 Å². The van der Waals surface area contributed by atoms with Crippen molar-refractivity contribution < 1.29 is 23.9 Å². The molecular formula is C32H46N4O5. The number of primary amides is 1. The summed E-state index contributed by atoms with van der Waals surface area (Å²) in [5.74, 6) is -1.37. The van der Waals surface area contributed by atoms with Gasteiger partial charge in [-0.2, -0.15) is 0 Å². The van der Waals surface area contributed by atoms with Crippen LogP contribution in [0.1, 0.15) is 83.5 Å². The lowest BCUT2D eigenvalue weighted by atomic mass is 9.96. The number of carbonyl (C=O) groups is 4. The Bertz CT molecular complexity index is 1180. The highest BCUT2D eigenvalue weighted by Crippen LogP contribution is 2.28. The van der Waals surface area contributed by atoms with Gasteiger partial charge >= 0.3 is 6.09 Å². The fourth-order valence-corrected chi connectivity index (χ4v) is 4.50. The van der Waals surface area contributed by atoms with E-state index in [-0.39, 0.29) is 12.5 Å². The van der Waals surface area contributed by atoms with Crippen molar-refractivity contribution in [1.82, 2.24) is 15.5 Å². The molecule has 9 nitrogen and oxygen atoms in total. The summed E-state index contributed by atoms with van der Waals surface area (Å²) in [7, 11) is 0. The van der Waals surface area contributed by atoms with Crippen LogP contribution in [-0.2, 0) is 25.7 Å². The first-order valence-electron chi connectivity index (χ1n) is 14.2. The van der Waals surface area contributed by atoms with Crippen molar-refractivity contribution >= 4 is 23.8 Å². The van der Waals surface area contributed by atoms with Crippen LogP contribution in [0.2, 0.25) is 0 Å². The molecule has 0 aromatic heterocycles. The van der Waals surface area contributed by atoms with Crippen molar-refractivity contribution in [3.8, 4) is 0 Å². The van der Waals surface area contributed by atoms with Crippen LogP contribution in [0.5, 0.6) is 0 Å². The topological polar surface area (TPSA) is 131 Å². The molecule has 0 radical (unpaired) electrons. The number of amides is 4. The van der Waals surface area contributed by atoms with Crippen LogP contribution in [0.25, 0.3) is 0 Å². The maximum Gasteiger partial charge on any atom is 0.408 e. The highest BCUT2D eigenvalue weighted by Gasteiger charge is 2.39. The number of carbonyl (C=O) groups excluding carboxylic acids is 4. The highest BCUT2D eigenvalue weighted by molar-refractivity contribution is 5.94. The molecule has 2 aromatic carbocycles. The Hall–Kier alpha value is -3.88. The second-order valence-corrected chi connectivity index (χ2v) is 12.0.